The highest BCUT2D eigenvalue weighted by Gasteiger charge is 2.51. The summed E-state index contributed by atoms with van der Waals surface area (Å²) in [7, 11) is -12.3. The normalized spacial score (nSPS) is 20.9. The van der Waals surface area contributed by atoms with Gasteiger partial charge in [-0.15, -0.1) is 0 Å². The van der Waals surface area contributed by atoms with Crippen molar-refractivity contribution in [2.45, 2.75) is 61.9 Å². The lowest BCUT2D eigenvalue weighted by atomic mass is 9.73. The molecule has 0 spiro atoms. The molecule has 3 aliphatic carbocycles. The molecule has 1 unspecified atom stereocenters. The Morgan fingerprint density at radius 1 is 0.778 bits per heavy atom. The third-order valence-electron chi connectivity index (χ3n) is 6.23. The van der Waals surface area contributed by atoms with Gasteiger partial charge in [-0.1, -0.05) is 18.2 Å². The predicted octanol–water partition coefficient (Wildman–Crippen LogP) is 5.68. The van der Waals surface area contributed by atoms with Crippen LogP contribution >= 0.6 is 0 Å². The van der Waals surface area contributed by atoms with E-state index in [-0.39, 0.29) is 12.0 Å². The molecule has 0 fully saturated rings. The van der Waals surface area contributed by atoms with Gasteiger partial charge in [-0.05, 0) is 79.4 Å². The average molecular weight is 559 g/mol. The SMILES string of the molecule is O=S(=O)(OC1=CC=C2CCCC=C2C1c1c(OS(=O)(=O)C(F)(F)F)ccc2c1CCCC2)C(F)(F)F. The Morgan fingerprint density at radius 3 is 2.08 bits per heavy atom. The number of alkyl halides is 6. The van der Waals surface area contributed by atoms with E-state index >= 15 is 0 Å². The number of benzene rings is 1. The molecule has 0 bridgehead atoms. The molecule has 0 aromatic heterocycles. The van der Waals surface area contributed by atoms with E-state index in [1.54, 1.807) is 6.08 Å². The van der Waals surface area contributed by atoms with Gasteiger partial charge < -0.3 is 8.37 Å². The second-order valence-corrected chi connectivity index (χ2v) is 11.6. The minimum Gasteiger partial charge on any atom is -0.380 e. The maximum atomic E-state index is 13.2. The fourth-order valence-electron chi connectivity index (χ4n) is 4.68. The van der Waals surface area contributed by atoms with Gasteiger partial charge in [0.15, 0.2) is 0 Å². The Balaban J connectivity index is 1.95. The van der Waals surface area contributed by atoms with Crippen LogP contribution < -0.4 is 4.18 Å². The van der Waals surface area contributed by atoms with Crippen molar-refractivity contribution in [3.05, 3.63) is 64.0 Å². The van der Waals surface area contributed by atoms with Crippen molar-refractivity contribution in [3.63, 3.8) is 0 Å². The van der Waals surface area contributed by atoms with Gasteiger partial charge in [-0.3, -0.25) is 0 Å². The molecule has 36 heavy (non-hydrogen) atoms. The highest BCUT2D eigenvalue weighted by Crippen LogP contribution is 2.50. The smallest absolute Gasteiger partial charge is 0.380 e. The van der Waals surface area contributed by atoms with Gasteiger partial charge in [-0.25, -0.2) is 0 Å². The van der Waals surface area contributed by atoms with E-state index in [9.17, 15) is 43.2 Å². The molecular weight excluding hydrogens is 538 g/mol. The predicted molar refractivity (Wildman–Crippen MR) is 116 cm³/mol. The van der Waals surface area contributed by atoms with Gasteiger partial charge >= 0.3 is 31.3 Å². The zero-order valence-corrected chi connectivity index (χ0v) is 20.1. The van der Waals surface area contributed by atoms with E-state index in [0.717, 1.165) is 18.6 Å². The molecule has 0 N–H and O–H groups in total. The molecule has 1 atom stereocenters. The van der Waals surface area contributed by atoms with Crippen LogP contribution in [0.4, 0.5) is 26.3 Å². The molecule has 198 valence electrons. The van der Waals surface area contributed by atoms with Crippen LogP contribution in [0.15, 0.2) is 47.3 Å². The lowest BCUT2D eigenvalue weighted by Crippen LogP contribution is -2.30. The average Bonchev–Trinajstić information content (AvgIpc) is 2.77. The summed E-state index contributed by atoms with van der Waals surface area (Å²) in [6.07, 6.45) is 7.75. The summed E-state index contributed by atoms with van der Waals surface area (Å²) in [4.78, 5) is 0. The van der Waals surface area contributed by atoms with Gasteiger partial charge in [0.05, 0.1) is 5.92 Å². The van der Waals surface area contributed by atoms with E-state index in [1.165, 1.54) is 12.1 Å². The first kappa shape index (κ1) is 26.6. The fourth-order valence-corrected chi connectivity index (χ4v) is 5.65. The Kier molecular flexibility index (Phi) is 6.73. The van der Waals surface area contributed by atoms with Crippen LogP contribution in [0.1, 0.15) is 54.7 Å². The number of halogens is 6. The van der Waals surface area contributed by atoms with Crippen LogP contribution in [-0.4, -0.2) is 27.9 Å². The third-order valence-corrected chi connectivity index (χ3v) is 8.17. The van der Waals surface area contributed by atoms with Crippen LogP contribution in [0.5, 0.6) is 5.75 Å². The maximum absolute atomic E-state index is 13.2. The molecule has 6 nitrogen and oxygen atoms in total. The van der Waals surface area contributed by atoms with E-state index in [1.807, 2.05) is 0 Å². The van der Waals surface area contributed by atoms with Crippen LogP contribution in [0.25, 0.3) is 0 Å². The van der Waals surface area contributed by atoms with Crippen molar-refractivity contribution in [1.29, 1.82) is 0 Å². The number of allylic oxidation sites excluding steroid dienone is 5. The fraction of sp³-hybridized carbons (Fsp3) is 0.455. The van der Waals surface area contributed by atoms with Crippen molar-refractivity contribution in [1.82, 2.24) is 0 Å². The summed E-state index contributed by atoms with van der Waals surface area (Å²) in [5.41, 5.74) is -9.67. The number of hydrogen-bond acceptors (Lipinski definition) is 6. The lowest BCUT2D eigenvalue weighted by molar-refractivity contribution is -0.0525. The number of hydrogen-bond donors (Lipinski definition) is 0. The molecule has 1 aromatic rings. The van der Waals surface area contributed by atoms with E-state index in [0.29, 0.717) is 54.4 Å². The van der Waals surface area contributed by atoms with E-state index < -0.39 is 48.7 Å². The molecule has 0 saturated carbocycles. The molecule has 0 amide bonds. The lowest BCUT2D eigenvalue weighted by Gasteiger charge is -2.34. The van der Waals surface area contributed by atoms with Crippen molar-refractivity contribution < 1.29 is 51.5 Å². The Morgan fingerprint density at radius 2 is 1.42 bits per heavy atom. The second-order valence-electron chi connectivity index (χ2n) is 8.53. The zero-order valence-electron chi connectivity index (χ0n) is 18.4. The highest BCUT2D eigenvalue weighted by molar-refractivity contribution is 7.88. The maximum Gasteiger partial charge on any atom is 0.534 e. The summed E-state index contributed by atoms with van der Waals surface area (Å²) in [6, 6.07) is 2.42. The molecule has 0 aliphatic heterocycles. The van der Waals surface area contributed by atoms with Crippen molar-refractivity contribution in [3.8, 4) is 5.75 Å². The number of aryl methyl sites for hydroxylation is 1. The summed E-state index contributed by atoms with van der Waals surface area (Å²) in [5.74, 6) is -2.88. The molecule has 0 heterocycles. The summed E-state index contributed by atoms with van der Waals surface area (Å²) in [6.45, 7) is 0. The van der Waals surface area contributed by atoms with E-state index in [2.05, 4.69) is 8.37 Å². The van der Waals surface area contributed by atoms with Crippen LogP contribution in [0, 0.1) is 0 Å². The Hall–Kier alpha value is -2.48. The Labute approximate surface area is 203 Å². The Bertz CT molecular complexity index is 1370. The highest BCUT2D eigenvalue weighted by atomic mass is 32.2. The minimum absolute atomic E-state index is 0.151. The van der Waals surface area contributed by atoms with Crippen molar-refractivity contribution >= 4 is 20.2 Å². The van der Waals surface area contributed by atoms with Crippen LogP contribution in [0.3, 0.4) is 0 Å². The molecule has 0 radical (unpaired) electrons. The second kappa shape index (κ2) is 9.12. The monoisotopic (exact) mass is 558 g/mol. The molecule has 0 saturated heterocycles. The van der Waals surface area contributed by atoms with Gasteiger partial charge in [0.25, 0.3) is 0 Å². The topological polar surface area (TPSA) is 86.7 Å². The first-order valence-corrected chi connectivity index (χ1v) is 13.7. The summed E-state index contributed by atoms with van der Waals surface area (Å²) in [5, 5.41) is 0. The summed E-state index contributed by atoms with van der Waals surface area (Å²) < 4.78 is 135. The van der Waals surface area contributed by atoms with Gasteiger partial charge in [-0.2, -0.15) is 43.2 Å². The molecular formula is C22H20F6O6S2. The van der Waals surface area contributed by atoms with Crippen LogP contribution in [-0.2, 0) is 37.3 Å². The number of rotatable bonds is 5. The van der Waals surface area contributed by atoms with E-state index in [4.69, 9.17) is 0 Å². The van der Waals surface area contributed by atoms with Crippen LogP contribution in [0.2, 0.25) is 0 Å². The molecule has 1 aromatic carbocycles. The molecule has 3 aliphatic rings. The quantitative estimate of drug-likeness (QED) is 0.263. The molecule has 14 heteroatoms. The largest absolute Gasteiger partial charge is 0.534 e. The first-order chi connectivity index (χ1) is 16.6. The van der Waals surface area contributed by atoms with Crippen molar-refractivity contribution in [2.24, 2.45) is 0 Å². The number of fused-ring (bicyclic) bond motifs is 2. The first-order valence-electron chi connectivity index (χ1n) is 10.9. The minimum atomic E-state index is -6.14. The zero-order chi connectivity index (χ0) is 26.5. The van der Waals surface area contributed by atoms with Crippen molar-refractivity contribution in [2.75, 3.05) is 0 Å². The van der Waals surface area contributed by atoms with Gasteiger partial charge in [0.2, 0.25) is 0 Å². The van der Waals surface area contributed by atoms with Gasteiger partial charge in [0, 0.05) is 5.56 Å². The standard InChI is InChI=1S/C22H20F6O6S2/c23-21(24,25)35(29,30)33-17-11-9-13-5-1-3-7-15(13)19(17)20-16-8-4-2-6-14(16)10-12-18(20)34-36(31,32)22(26,27)28/h7,9-12,19H,1-6,8H2. The van der Waals surface area contributed by atoms with Gasteiger partial charge in [0.1, 0.15) is 11.5 Å². The summed E-state index contributed by atoms with van der Waals surface area (Å²) >= 11 is 0. The molecule has 4 rings (SSSR count). The third kappa shape index (κ3) is 4.89.